The number of hydrogen-bond donors (Lipinski definition) is 0. The molecular formula is C34H46F2N2OSi2. The lowest BCUT2D eigenvalue weighted by Crippen LogP contribution is -2.56. The normalized spacial score (nSPS) is 26.8. The van der Waals surface area contributed by atoms with E-state index in [0.717, 1.165) is 49.7 Å². The Balaban J connectivity index is 1.38. The fourth-order valence-corrected chi connectivity index (χ4v) is 16.2. The van der Waals surface area contributed by atoms with Gasteiger partial charge in [-0.1, -0.05) is 52.0 Å². The minimum absolute atomic E-state index is 0.0252. The molecule has 0 heterocycles. The van der Waals surface area contributed by atoms with Crippen molar-refractivity contribution < 1.29 is 12.9 Å². The molecule has 41 heavy (non-hydrogen) atoms. The number of nitriles is 2. The van der Waals surface area contributed by atoms with Crippen molar-refractivity contribution in [3.63, 3.8) is 0 Å². The second-order valence-corrected chi connectivity index (χ2v) is 24.8. The van der Waals surface area contributed by atoms with Crippen LogP contribution in [0.4, 0.5) is 8.78 Å². The van der Waals surface area contributed by atoms with Gasteiger partial charge in [-0.15, -0.1) is 0 Å². The average molecular weight is 593 g/mol. The van der Waals surface area contributed by atoms with Crippen LogP contribution >= 0.6 is 0 Å². The van der Waals surface area contributed by atoms with Crippen molar-refractivity contribution in [2.45, 2.75) is 113 Å². The molecule has 0 amide bonds. The first-order chi connectivity index (χ1) is 18.9. The van der Waals surface area contributed by atoms with Gasteiger partial charge in [0.1, 0.15) is 11.6 Å². The maximum Gasteiger partial charge on any atom is 0.179 e. The maximum atomic E-state index is 13.5. The van der Waals surface area contributed by atoms with E-state index in [9.17, 15) is 19.3 Å². The third kappa shape index (κ3) is 5.96. The van der Waals surface area contributed by atoms with Crippen LogP contribution in [0.1, 0.15) is 77.3 Å². The molecule has 3 nitrogen and oxygen atoms in total. The second kappa shape index (κ2) is 10.7. The van der Waals surface area contributed by atoms with Crippen LogP contribution in [0.3, 0.4) is 0 Å². The van der Waals surface area contributed by atoms with E-state index in [2.05, 4.69) is 66.0 Å². The zero-order valence-corrected chi connectivity index (χ0v) is 28.1. The fourth-order valence-electron chi connectivity index (χ4n) is 7.31. The summed E-state index contributed by atoms with van der Waals surface area (Å²) in [7, 11) is -4.32. The number of rotatable bonds is 10. The van der Waals surface area contributed by atoms with Crippen LogP contribution in [0.25, 0.3) is 0 Å². The van der Waals surface area contributed by atoms with Crippen LogP contribution in [0.5, 0.6) is 0 Å². The summed E-state index contributed by atoms with van der Waals surface area (Å²) in [5, 5.41) is 20.1. The highest BCUT2D eigenvalue weighted by Crippen LogP contribution is 2.58. The van der Waals surface area contributed by atoms with Gasteiger partial charge in [-0.2, -0.15) is 10.5 Å². The molecule has 2 aliphatic carbocycles. The van der Waals surface area contributed by atoms with E-state index in [1.807, 2.05) is 0 Å². The van der Waals surface area contributed by atoms with E-state index in [1.165, 1.54) is 24.3 Å². The molecule has 4 rings (SSSR count). The van der Waals surface area contributed by atoms with Gasteiger partial charge in [0.2, 0.25) is 0 Å². The summed E-state index contributed by atoms with van der Waals surface area (Å²) in [5.74, 6) is 0.355. The number of hydrogen-bond acceptors (Lipinski definition) is 3. The van der Waals surface area contributed by atoms with Gasteiger partial charge in [-0.3, -0.25) is 0 Å². The Morgan fingerprint density at radius 2 is 0.976 bits per heavy atom. The van der Waals surface area contributed by atoms with Crippen molar-refractivity contribution in [2.24, 2.45) is 11.8 Å². The van der Waals surface area contributed by atoms with Gasteiger partial charge in [0.15, 0.2) is 16.6 Å². The number of benzene rings is 2. The third-order valence-electron chi connectivity index (χ3n) is 11.1. The van der Waals surface area contributed by atoms with Gasteiger partial charge in [0, 0.05) is 0 Å². The second-order valence-electron chi connectivity index (χ2n) is 15.2. The van der Waals surface area contributed by atoms with E-state index >= 15 is 0 Å². The van der Waals surface area contributed by atoms with Gasteiger partial charge < -0.3 is 4.12 Å². The first-order valence-electron chi connectivity index (χ1n) is 14.9. The summed E-state index contributed by atoms with van der Waals surface area (Å²) in [6, 6.07) is 18.0. The highest BCUT2D eigenvalue weighted by atomic mass is 28.4. The predicted molar refractivity (Wildman–Crippen MR) is 166 cm³/mol. The lowest BCUT2D eigenvalue weighted by atomic mass is 9.58. The first kappa shape index (κ1) is 31.6. The quantitative estimate of drug-likeness (QED) is 0.258. The molecular weight excluding hydrogens is 547 g/mol. The van der Waals surface area contributed by atoms with Crippen LogP contribution in [-0.4, -0.2) is 16.6 Å². The Morgan fingerprint density at radius 3 is 1.24 bits per heavy atom. The van der Waals surface area contributed by atoms with E-state index in [4.69, 9.17) is 4.12 Å². The Morgan fingerprint density at radius 1 is 0.683 bits per heavy atom. The minimum Gasteiger partial charge on any atom is -0.455 e. The highest BCUT2D eigenvalue weighted by molar-refractivity contribution is 6.87. The average Bonchev–Trinajstić information content (AvgIpc) is 2.83. The third-order valence-corrected chi connectivity index (χ3v) is 22.1. The van der Waals surface area contributed by atoms with Gasteiger partial charge in [0.25, 0.3) is 0 Å². The molecule has 0 radical (unpaired) electrons. The summed E-state index contributed by atoms with van der Waals surface area (Å²) < 4.78 is 34.2. The van der Waals surface area contributed by atoms with Crippen LogP contribution in [-0.2, 0) is 14.9 Å². The molecule has 0 N–H and O–H groups in total. The molecule has 2 aromatic rings. The van der Waals surface area contributed by atoms with Gasteiger partial charge in [-0.05, 0) is 122 Å². The molecule has 0 aliphatic heterocycles. The predicted octanol–water partition coefficient (Wildman–Crippen LogP) is 9.78. The molecule has 2 aromatic carbocycles. The Hall–Kier alpha value is -2.33. The summed E-state index contributed by atoms with van der Waals surface area (Å²) >= 11 is 0. The molecule has 0 bridgehead atoms. The van der Waals surface area contributed by atoms with Gasteiger partial charge >= 0.3 is 0 Å². The zero-order valence-electron chi connectivity index (χ0n) is 26.1. The number of halogens is 2. The van der Waals surface area contributed by atoms with Gasteiger partial charge in [0.05, 0.1) is 23.0 Å². The van der Waals surface area contributed by atoms with Crippen LogP contribution in [0, 0.1) is 46.1 Å². The molecule has 220 valence electrons. The van der Waals surface area contributed by atoms with Crippen molar-refractivity contribution in [2.75, 3.05) is 0 Å². The fraction of sp³-hybridized carbons (Fsp3) is 0.588. The summed E-state index contributed by atoms with van der Waals surface area (Å²) in [6.45, 7) is 18.8. The highest BCUT2D eigenvalue weighted by Gasteiger charge is 2.55. The standard InChI is InChI=1S/C34H46F2N2OSi2/c1-31(2,17-25-19-33(20-25,23-37)27-9-13-29(35)14-10-27)40(5,6)39-41(7,8)32(3,4)18-26-21-34(22-26,24-38)28-11-15-30(36)16-12-28/h9-16,25-26H,17-22H2,1-8H3. The Labute approximate surface area is 248 Å². The molecule has 0 spiro atoms. The maximum absolute atomic E-state index is 13.5. The molecule has 0 aromatic heterocycles. The minimum atomic E-state index is -2.16. The van der Waals surface area contributed by atoms with Gasteiger partial charge in [-0.25, -0.2) is 8.78 Å². The summed E-state index contributed by atoms with van der Waals surface area (Å²) in [4.78, 5) is 0. The molecule has 0 atom stereocenters. The topological polar surface area (TPSA) is 56.8 Å². The number of nitrogens with zero attached hydrogens (tertiary/aromatic N) is 2. The van der Waals surface area contributed by atoms with Crippen LogP contribution < -0.4 is 0 Å². The Bertz CT molecular complexity index is 1220. The molecule has 2 aliphatic rings. The van der Waals surface area contributed by atoms with Crippen molar-refractivity contribution >= 4 is 16.6 Å². The lowest BCUT2D eigenvalue weighted by Gasteiger charge is -2.54. The SMILES string of the molecule is CC(C)(CC1CC(C#N)(c2ccc(F)cc2)C1)[Si](C)(C)O[Si](C)(C)C(C)(C)CC1CC(C#N)(c2ccc(F)cc2)C1. The van der Waals surface area contributed by atoms with Crippen molar-refractivity contribution in [1.29, 1.82) is 10.5 Å². The molecule has 0 saturated heterocycles. The smallest absolute Gasteiger partial charge is 0.179 e. The largest absolute Gasteiger partial charge is 0.455 e. The lowest BCUT2D eigenvalue weighted by molar-refractivity contribution is 0.162. The van der Waals surface area contributed by atoms with Crippen molar-refractivity contribution in [3.8, 4) is 12.1 Å². The van der Waals surface area contributed by atoms with Crippen LogP contribution in [0.2, 0.25) is 36.3 Å². The van der Waals surface area contributed by atoms with Crippen LogP contribution in [0.15, 0.2) is 48.5 Å². The summed E-state index contributed by atoms with van der Waals surface area (Å²) in [5.41, 5.74) is 0.835. The van der Waals surface area contributed by atoms with E-state index in [0.29, 0.717) is 11.8 Å². The monoisotopic (exact) mass is 592 g/mol. The summed E-state index contributed by atoms with van der Waals surface area (Å²) in [6.07, 6.45) is 5.29. The first-order valence-corrected chi connectivity index (χ1v) is 20.8. The van der Waals surface area contributed by atoms with E-state index in [-0.39, 0.29) is 21.7 Å². The molecule has 0 unspecified atom stereocenters. The van der Waals surface area contributed by atoms with E-state index < -0.39 is 27.5 Å². The molecule has 2 saturated carbocycles. The zero-order chi connectivity index (χ0) is 30.5. The molecule has 7 heteroatoms. The van der Waals surface area contributed by atoms with E-state index in [1.54, 1.807) is 24.3 Å². The molecule has 2 fully saturated rings. The van der Waals surface area contributed by atoms with Crippen molar-refractivity contribution in [3.05, 3.63) is 71.3 Å². The van der Waals surface area contributed by atoms with Crippen molar-refractivity contribution in [1.82, 2.24) is 0 Å². The Kier molecular flexibility index (Phi) is 8.28.